The fourth-order valence-electron chi connectivity index (χ4n) is 6.06. The molecule has 25 heavy (non-hydrogen) atoms. The Morgan fingerprint density at radius 1 is 1.12 bits per heavy atom. The quantitative estimate of drug-likeness (QED) is 0.815. The van der Waals surface area contributed by atoms with E-state index in [2.05, 4.69) is 42.6 Å². The Morgan fingerprint density at radius 2 is 1.88 bits per heavy atom. The lowest BCUT2D eigenvalue weighted by molar-refractivity contribution is -0.0940. The number of benzene rings is 1. The third-order valence-electron chi connectivity index (χ3n) is 7.42. The number of nitrogens with one attached hydrogen (secondary N) is 1. The molecule has 2 aliphatic heterocycles. The summed E-state index contributed by atoms with van der Waals surface area (Å²) in [7, 11) is 0. The summed E-state index contributed by atoms with van der Waals surface area (Å²) in [6.45, 7) is 5.04. The molecule has 1 unspecified atom stereocenters. The zero-order valence-electron chi connectivity index (χ0n) is 15.4. The average Bonchev–Trinajstić information content (AvgIpc) is 3.12. The molecule has 5 fully saturated rings. The third-order valence-corrected chi connectivity index (χ3v) is 7.42. The molecule has 2 heterocycles. The molecule has 3 heteroatoms. The van der Waals surface area contributed by atoms with Crippen LogP contribution in [0.5, 0.6) is 0 Å². The molecule has 3 nitrogen and oxygen atoms in total. The number of rotatable bonds is 7. The van der Waals surface area contributed by atoms with E-state index in [1.165, 1.54) is 44.1 Å². The Morgan fingerprint density at radius 3 is 2.56 bits per heavy atom. The maximum absolute atomic E-state index is 6.06. The SMILES string of the molecule is CC(NC1CC2(CC(COCc3ccccc3)C2)C1)C12CC(CO1)C2. The summed E-state index contributed by atoms with van der Waals surface area (Å²) in [4.78, 5) is 0. The smallest absolute Gasteiger partial charge is 0.0839 e. The molecule has 3 saturated carbocycles. The molecule has 2 bridgehead atoms. The Labute approximate surface area is 151 Å². The van der Waals surface area contributed by atoms with Crippen LogP contribution < -0.4 is 5.32 Å². The third kappa shape index (κ3) is 2.94. The predicted octanol–water partition coefficient (Wildman–Crippen LogP) is 3.92. The van der Waals surface area contributed by atoms with Crippen LogP contribution in [0.15, 0.2) is 30.3 Å². The van der Waals surface area contributed by atoms with E-state index in [9.17, 15) is 0 Å². The van der Waals surface area contributed by atoms with Crippen molar-refractivity contribution in [2.75, 3.05) is 13.2 Å². The fourth-order valence-corrected chi connectivity index (χ4v) is 6.06. The lowest BCUT2D eigenvalue weighted by Gasteiger charge is -2.59. The zero-order chi connectivity index (χ0) is 16.9. The van der Waals surface area contributed by atoms with E-state index in [4.69, 9.17) is 9.47 Å². The lowest BCUT2D eigenvalue weighted by Crippen LogP contribution is -2.62. The van der Waals surface area contributed by atoms with Gasteiger partial charge in [-0.3, -0.25) is 0 Å². The van der Waals surface area contributed by atoms with E-state index < -0.39 is 0 Å². The minimum atomic E-state index is 0.195. The van der Waals surface area contributed by atoms with Crippen LogP contribution in [0.1, 0.15) is 51.0 Å². The molecule has 1 aromatic carbocycles. The topological polar surface area (TPSA) is 30.5 Å². The first-order chi connectivity index (χ1) is 12.1. The first-order valence-electron chi connectivity index (χ1n) is 10.2. The standard InChI is InChI=1S/C22H31NO2/c1-16(22-9-19(10-22)15-25-22)23-20-11-21(12-20)7-18(8-21)14-24-13-17-5-3-2-4-6-17/h2-6,16,18-20,23H,7-15H2,1H3. The van der Waals surface area contributed by atoms with Crippen LogP contribution in [0.3, 0.4) is 0 Å². The van der Waals surface area contributed by atoms with Crippen LogP contribution in [-0.2, 0) is 16.1 Å². The van der Waals surface area contributed by atoms with Crippen LogP contribution >= 0.6 is 0 Å². The average molecular weight is 341 g/mol. The van der Waals surface area contributed by atoms with Gasteiger partial charge in [-0.1, -0.05) is 30.3 Å². The summed E-state index contributed by atoms with van der Waals surface area (Å²) < 4.78 is 12.0. The number of hydrogen-bond donors (Lipinski definition) is 1. The molecule has 0 radical (unpaired) electrons. The van der Waals surface area contributed by atoms with E-state index in [-0.39, 0.29) is 5.60 Å². The highest BCUT2D eigenvalue weighted by Gasteiger charge is 2.57. The van der Waals surface area contributed by atoms with E-state index in [1.54, 1.807) is 0 Å². The minimum absolute atomic E-state index is 0.195. The molecular formula is C22H31NO2. The van der Waals surface area contributed by atoms with Gasteiger partial charge in [0.25, 0.3) is 0 Å². The Kier molecular flexibility index (Phi) is 3.96. The van der Waals surface area contributed by atoms with Gasteiger partial charge in [0.15, 0.2) is 0 Å². The van der Waals surface area contributed by atoms with Crippen molar-refractivity contribution in [3.63, 3.8) is 0 Å². The first kappa shape index (κ1) is 16.3. The second-order valence-corrected chi connectivity index (χ2v) is 9.42. The molecule has 136 valence electrons. The van der Waals surface area contributed by atoms with Gasteiger partial charge >= 0.3 is 0 Å². The minimum Gasteiger partial charge on any atom is -0.376 e. The number of fused-ring (bicyclic) bond motifs is 1. The fraction of sp³-hybridized carbons (Fsp3) is 0.727. The highest BCUT2D eigenvalue weighted by molar-refractivity contribution is 5.14. The van der Waals surface area contributed by atoms with Crippen molar-refractivity contribution in [1.82, 2.24) is 5.32 Å². The van der Waals surface area contributed by atoms with Crippen molar-refractivity contribution in [1.29, 1.82) is 0 Å². The van der Waals surface area contributed by atoms with Gasteiger partial charge in [0.05, 0.1) is 18.8 Å². The summed E-state index contributed by atoms with van der Waals surface area (Å²) in [5.41, 5.74) is 2.13. The van der Waals surface area contributed by atoms with Gasteiger partial charge in [0.2, 0.25) is 0 Å². The normalized spacial score (nSPS) is 42.5. The molecule has 2 saturated heterocycles. The van der Waals surface area contributed by atoms with Crippen molar-refractivity contribution in [2.45, 2.75) is 69.7 Å². The van der Waals surface area contributed by atoms with Crippen molar-refractivity contribution in [2.24, 2.45) is 17.3 Å². The number of ether oxygens (including phenoxy) is 2. The summed E-state index contributed by atoms with van der Waals surface area (Å²) in [6.07, 6.45) is 8.06. The Balaban J connectivity index is 0.998. The van der Waals surface area contributed by atoms with Gasteiger partial charge in [-0.05, 0) is 68.3 Å². The lowest BCUT2D eigenvalue weighted by atomic mass is 9.50. The van der Waals surface area contributed by atoms with Crippen molar-refractivity contribution in [3.05, 3.63) is 35.9 Å². The zero-order valence-corrected chi connectivity index (χ0v) is 15.4. The molecule has 1 aromatic rings. The van der Waals surface area contributed by atoms with E-state index in [0.717, 1.165) is 37.7 Å². The van der Waals surface area contributed by atoms with Crippen LogP contribution in [0.2, 0.25) is 0 Å². The van der Waals surface area contributed by atoms with E-state index in [1.807, 2.05) is 0 Å². The first-order valence-corrected chi connectivity index (χ1v) is 10.2. The highest BCUT2D eigenvalue weighted by atomic mass is 16.5. The van der Waals surface area contributed by atoms with Crippen molar-refractivity contribution < 1.29 is 9.47 Å². The van der Waals surface area contributed by atoms with E-state index in [0.29, 0.717) is 11.5 Å². The molecule has 1 atom stereocenters. The monoisotopic (exact) mass is 341 g/mol. The van der Waals surface area contributed by atoms with Crippen LogP contribution in [0, 0.1) is 17.3 Å². The molecule has 1 spiro atoms. The van der Waals surface area contributed by atoms with Gasteiger partial charge in [-0.15, -0.1) is 0 Å². The Bertz CT molecular complexity index is 590. The van der Waals surface area contributed by atoms with Gasteiger partial charge in [-0.25, -0.2) is 0 Å². The molecule has 0 amide bonds. The molecule has 3 aliphatic carbocycles. The predicted molar refractivity (Wildman–Crippen MR) is 98.3 cm³/mol. The summed E-state index contributed by atoms with van der Waals surface area (Å²) in [5, 5.41) is 3.88. The van der Waals surface area contributed by atoms with Gasteiger partial charge in [0, 0.05) is 18.7 Å². The highest BCUT2D eigenvalue weighted by Crippen LogP contribution is 2.59. The van der Waals surface area contributed by atoms with Gasteiger partial charge < -0.3 is 14.8 Å². The van der Waals surface area contributed by atoms with Crippen molar-refractivity contribution in [3.8, 4) is 0 Å². The molecule has 5 aliphatic rings. The summed E-state index contributed by atoms with van der Waals surface area (Å²) in [6, 6.07) is 11.8. The van der Waals surface area contributed by atoms with Crippen molar-refractivity contribution >= 4 is 0 Å². The summed E-state index contributed by atoms with van der Waals surface area (Å²) >= 11 is 0. The number of hydrogen-bond acceptors (Lipinski definition) is 3. The second-order valence-electron chi connectivity index (χ2n) is 9.42. The van der Waals surface area contributed by atoms with Crippen LogP contribution in [-0.4, -0.2) is 30.9 Å². The van der Waals surface area contributed by atoms with E-state index >= 15 is 0 Å². The van der Waals surface area contributed by atoms with Crippen LogP contribution in [0.4, 0.5) is 0 Å². The molecule has 0 aromatic heterocycles. The summed E-state index contributed by atoms with van der Waals surface area (Å²) in [5.74, 6) is 1.64. The molecular weight excluding hydrogens is 310 g/mol. The second kappa shape index (κ2) is 6.07. The molecule has 6 rings (SSSR count). The maximum Gasteiger partial charge on any atom is 0.0839 e. The van der Waals surface area contributed by atoms with Gasteiger partial charge in [-0.2, -0.15) is 0 Å². The van der Waals surface area contributed by atoms with Gasteiger partial charge in [0.1, 0.15) is 0 Å². The maximum atomic E-state index is 6.06. The largest absolute Gasteiger partial charge is 0.376 e. The van der Waals surface area contributed by atoms with Crippen LogP contribution in [0.25, 0.3) is 0 Å². The Hall–Kier alpha value is -0.900. The molecule has 1 N–H and O–H groups in total.